The van der Waals surface area contributed by atoms with Gasteiger partial charge in [-0.25, -0.2) is 4.79 Å². The van der Waals surface area contributed by atoms with Gasteiger partial charge in [0, 0.05) is 28.4 Å². The number of halogens is 1. The molecule has 5 N–H and O–H groups in total. The van der Waals surface area contributed by atoms with Crippen LogP contribution in [0.3, 0.4) is 0 Å². The number of ether oxygens (including phenoxy) is 1. The SMILES string of the molecule is CC1(C)CC(CC(NC(=O)[C@H](CC2CCCCC2)NC(=O)OC2CCCC2Cc2cccc(Cl)c2)C(O)C(=O)NC2CC2)C(=O)N1. The third-order valence-electron chi connectivity index (χ3n) is 10.2. The van der Waals surface area contributed by atoms with Gasteiger partial charge in [0.2, 0.25) is 11.8 Å². The number of carbonyl (C=O) groups is 4. The summed E-state index contributed by atoms with van der Waals surface area (Å²) in [5, 5.41) is 23.3. The highest BCUT2D eigenvalue weighted by molar-refractivity contribution is 6.30. The molecule has 0 bridgehead atoms. The van der Waals surface area contributed by atoms with E-state index in [0.29, 0.717) is 17.9 Å². The molecule has 1 aromatic rings. The largest absolute Gasteiger partial charge is 0.446 e. The molecule has 5 unspecified atom stereocenters. The summed E-state index contributed by atoms with van der Waals surface area (Å²) >= 11 is 6.19. The molecule has 1 aromatic carbocycles. The predicted octanol–water partition coefficient (Wildman–Crippen LogP) is 4.55. The number of hydrogen-bond acceptors (Lipinski definition) is 6. The van der Waals surface area contributed by atoms with Crippen molar-refractivity contribution in [1.82, 2.24) is 21.3 Å². The van der Waals surface area contributed by atoms with Crippen LogP contribution < -0.4 is 21.3 Å². The Morgan fingerprint density at radius 2 is 1.76 bits per heavy atom. The van der Waals surface area contributed by atoms with Crippen molar-refractivity contribution in [2.75, 3.05) is 0 Å². The van der Waals surface area contributed by atoms with E-state index in [4.69, 9.17) is 16.3 Å². The van der Waals surface area contributed by atoms with Gasteiger partial charge in [-0.3, -0.25) is 14.4 Å². The second-order valence-corrected chi connectivity index (χ2v) is 15.2. The summed E-state index contributed by atoms with van der Waals surface area (Å²) in [7, 11) is 0. The molecule has 1 aliphatic heterocycles. The Hall–Kier alpha value is -2.85. The van der Waals surface area contributed by atoms with Crippen LogP contribution in [0.5, 0.6) is 0 Å². The van der Waals surface area contributed by atoms with Gasteiger partial charge in [-0.15, -0.1) is 0 Å². The number of alkyl carbamates (subject to hydrolysis) is 1. The first kappa shape index (κ1) is 34.5. The Bertz CT molecular complexity index is 1250. The molecule has 4 amide bonds. The minimum atomic E-state index is -1.53. The number of nitrogens with one attached hydrogen (secondary N) is 4. The molecule has 254 valence electrons. The molecule has 0 radical (unpaired) electrons. The Morgan fingerprint density at radius 1 is 1.00 bits per heavy atom. The standard InChI is InChI=1S/C35H51ClN4O6/c1-35(2)20-24(31(42)40-35)19-27(30(41)33(44)37-26-14-15-26)38-32(43)28(18-21-8-4-3-5-9-21)39-34(45)46-29-13-7-11-23(29)16-22-10-6-12-25(36)17-22/h6,10,12,17,21,23-24,26-30,41H,3-5,7-9,11,13-16,18-20H2,1-2H3,(H,37,44)(H,38,43)(H,39,45)(H,40,42)/t23?,24?,27?,28-,29?,30?/m0/s1. The molecule has 3 aliphatic carbocycles. The van der Waals surface area contributed by atoms with Gasteiger partial charge in [-0.2, -0.15) is 0 Å². The van der Waals surface area contributed by atoms with Crippen LogP contribution in [0, 0.1) is 17.8 Å². The first-order valence-corrected chi connectivity index (χ1v) is 17.7. The third kappa shape index (κ3) is 9.83. The number of carbonyl (C=O) groups excluding carboxylic acids is 4. The molecule has 4 fully saturated rings. The number of benzene rings is 1. The van der Waals surface area contributed by atoms with Gasteiger partial charge in [-0.1, -0.05) is 55.8 Å². The Balaban J connectivity index is 1.26. The molecule has 1 saturated heterocycles. The van der Waals surface area contributed by atoms with E-state index in [1.54, 1.807) is 0 Å². The van der Waals surface area contributed by atoms with E-state index in [1.807, 2.05) is 38.1 Å². The average Bonchev–Trinajstić information content (AvgIpc) is 3.65. The van der Waals surface area contributed by atoms with Crippen molar-refractivity contribution in [2.24, 2.45) is 17.8 Å². The maximum Gasteiger partial charge on any atom is 0.408 e. The molecule has 0 spiro atoms. The quantitative estimate of drug-likeness (QED) is 0.210. The summed E-state index contributed by atoms with van der Waals surface area (Å²) in [5.41, 5.74) is 0.676. The summed E-state index contributed by atoms with van der Waals surface area (Å²) in [5.74, 6) is -1.27. The highest BCUT2D eigenvalue weighted by atomic mass is 35.5. The number of aliphatic hydroxyl groups is 1. The lowest BCUT2D eigenvalue weighted by atomic mass is 9.84. The summed E-state index contributed by atoms with van der Waals surface area (Å²) in [6.07, 6.45) is 8.94. The zero-order valence-corrected chi connectivity index (χ0v) is 28.0. The summed E-state index contributed by atoms with van der Waals surface area (Å²) in [6, 6.07) is 5.85. The molecule has 4 aliphatic rings. The topological polar surface area (TPSA) is 146 Å². The van der Waals surface area contributed by atoms with Crippen molar-refractivity contribution in [1.29, 1.82) is 0 Å². The highest BCUT2D eigenvalue weighted by Crippen LogP contribution is 2.33. The summed E-state index contributed by atoms with van der Waals surface area (Å²) < 4.78 is 5.95. The monoisotopic (exact) mass is 658 g/mol. The van der Waals surface area contributed by atoms with Gasteiger partial charge in [0.1, 0.15) is 12.1 Å². The van der Waals surface area contributed by atoms with Gasteiger partial charge in [0.15, 0.2) is 6.10 Å². The lowest BCUT2D eigenvalue weighted by molar-refractivity contribution is -0.134. The van der Waals surface area contributed by atoms with Gasteiger partial charge in [-0.05, 0) is 95.2 Å². The van der Waals surface area contributed by atoms with E-state index >= 15 is 0 Å². The van der Waals surface area contributed by atoms with Crippen molar-refractivity contribution in [2.45, 2.75) is 140 Å². The first-order valence-electron chi connectivity index (χ1n) is 17.3. The molecule has 1 heterocycles. The molecule has 0 aromatic heterocycles. The van der Waals surface area contributed by atoms with E-state index in [1.165, 1.54) is 0 Å². The van der Waals surface area contributed by atoms with E-state index in [0.717, 1.165) is 76.2 Å². The zero-order chi connectivity index (χ0) is 32.8. The number of rotatable bonds is 13. The van der Waals surface area contributed by atoms with Crippen LogP contribution in [0.1, 0.15) is 103 Å². The minimum absolute atomic E-state index is 0.0287. The molecule has 46 heavy (non-hydrogen) atoms. The van der Waals surface area contributed by atoms with E-state index in [2.05, 4.69) is 21.3 Å². The molecule has 5 rings (SSSR count). The van der Waals surface area contributed by atoms with Crippen LogP contribution in [0.15, 0.2) is 24.3 Å². The predicted molar refractivity (Wildman–Crippen MR) is 175 cm³/mol. The van der Waals surface area contributed by atoms with Gasteiger partial charge in [0.25, 0.3) is 5.91 Å². The van der Waals surface area contributed by atoms with Crippen molar-refractivity contribution < 1.29 is 29.0 Å². The lowest BCUT2D eigenvalue weighted by Crippen LogP contribution is -2.57. The molecule has 6 atom stereocenters. The Labute approximate surface area is 277 Å². The number of hydrogen-bond donors (Lipinski definition) is 5. The van der Waals surface area contributed by atoms with E-state index in [-0.39, 0.29) is 36.3 Å². The number of amides is 4. The smallest absolute Gasteiger partial charge is 0.408 e. The normalized spacial score (nSPS) is 26.4. The Kier molecular flexibility index (Phi) is 11.5. The lowest BCUT2D eigenvalue weighted by Gasteiger charge is -2.30. The van der Waals surface area contributed by atoms with Gasteiger partial charge >= 0.3 is 6.09 Å². The zero-order valence-electron chi connectivity index (χ0n) is 27.2. The number of aliphatic hydroxyl groups excluding tert-OH is 1. The van der Waals surface area contributed by atoms with E-state index in [9.17, 15) is 24.3 Å². The second-order valence-electron chi connectivity index (χ2n) is 14.8. The molecular formula is C35H51ClN4O6. The van der Waals surface area contributed by atoms with Crippen LogP contribution in [-0.4, -0.2) is 64.8 Å². The molecule has 3 saturated carbocycles. The van der Waals surface area contributed by atoms with Crippen molar-refractivity contribution in [3.63, 3.8) is 0 Å². The second kappa shape index (κ2) is 15.4. The van der Waals surface area contributed by atoms with Gasteiger partial charge < -0.3 is 31.1 Å². The van der Waals surface area contributed by atoms with Crippen molar-refractivity contribution >= 4 is 35.4 Å². The minimum Gasteiger partial charge on any atom is -0.446 e. The fraction of sp³-hybridized carbons (Fsp3) is 0.714. The fourth-order valence-corrected chi connectivity index (χ4v) is 7.81. The molecular weight excluding hydrogens is 608 g/mol. The maximum atomic E-state index is 13.9. The van der Waals surface area contributed by atoms with Crippen molar-refractivity contribution in [3.05, 3.63) is 34.9 Å². The molecule has 11 heteroatoms. The first-order chi connectivity index (χ1) is 22.0. The summed E-state index contributed by atoms with van der Waals surface area (Å²) in [6.45, 7) is 3.85. The average molecular weight is 659 g/mol. The van der Waals surface area contributed by atoms with Crippen LogP contribution in [0.25, 0.3) is 0 Å². The summed E-state index contributed by atoms with van der Waals surface area (Å²) in [4.78, 5) is 53.0. The molecule has 10 nitrogen and oxygen atoms in total. The maximum absolute atomic E-state index is 13.9. The van der Waals surface area contributed by atoms with Gasteiger partial charge in [0.05, 0.1) is 6.04 Å². The van der Waals surface area contributed by atoms with Crippen LogP contribution in [-0.2, 0) is 25.5 Å². The highest BCUT2D eigenvalue weighted by Gasteiger charge is 2.42. The van der Waals surface area contributed by atoms with Crippen LogP contribution >= 0.6 is 11.6 Å². The van der Waals surface area contributed by atoms with E-state index < -0.39 is 47.6 Å². The van der Waals surface area contributed by atoms with Crippen molar-refractivity contribution in [3.8, 4) is 0 Å². The van der Waals surface area contributed by atoms with Crippen LogP contribution in [0.2, 0.25) is 5.02 Å². The third-order valence-corrected chi connectivity index (χ3v) is 10.4. The van der Waals surface area contributed by atoms with Crippen LogP contribution in [0.4, 0.5) is 4.79 Å². The Morgan fingerprint density at radius 3 is 2.43 bits per heavy atom. The fourth-order valence-electron chi connectivity index (χ4n) is 7.60.